The lowest BCUT2D eigenvalue weighted by atomic mass is 10.2. The Bertz CT molecular complexity index is 592. The molecule has 0 aliphatic carbocycles. The van der Waals surface area contributed by atoms with Crippen LogP contribution in [0.1, 0.15) is 19.4 Å². The van der Waals surface area contributed by atoms with Crippen molar-refractivity contribution < 1.29 is 0 Å². The van der Waals surface area contributed by atoms with Gasteiger partial charge in [0.2, 0.25) is 0 Å². The van der Waals surface area contributed by atoms with E-state index < -0.39 is 0 Å². The molecule has 0 saturated carbocycles. The van der Waals surface area contributed by atoms with E-state index in [2.05, 4.69) is 54.4 Å². The molecule has 2 rings (SSSR count). The van der Waals surface area contributed by atoms with E-state index in [0.29, 0.717) is 5.56 Å². The predicted molar refractivity (Wildman–Crippen MR) is 84.4 cm³/mol. The summed E-state index contributed by atoms with van der Waals surface area (Å²) in [5.74, 6) is 0. The maximum absolute atomic E-state index is 8.90. The Morgan fingerprint density at radius 2 is 1.70 bits per heavy atom. The van der Waals surface area contributed by atoms with Crippen molar-refractivity contribution in [1.29, 1.82) is 5.26 Å². The molecule has 0 fully saturated rings. The fourth-order valence-electron chi connectivity index (χ4n) is 2.18. The maximum atomic E-state index is 8.90. The average Bonchev–Trinajstić information content (AvgIpc) is 2.50. The molecule has 0 radical (unpaired) electrons. The lowest BCUT2D eigenvalue weighted by Gasteiger charge is -2.21. The van der Waals surface area contributed by atoms with Gasteiger partial charge < -0.3 is 10.2 Å². The fourth-order valence-corrected chi connectivity index (χ4v) is 2.18. The van der Waals surface area contributed by atoms with Crippen LogP contribution in [0, 0.1) is 11.3 Å². The summed E-state index contributed by atoms with van der Waals surface area (Å²) in [6.45, 7) is 6.33. The third kappa shape index (κ3) is 3.30. The van der Waals surface area contributed by atoms with Gasteiger partial charge >= 0.3 is 0 Å². The number of nitriles is 1. The van der Waals surface area contributed by atoms with Gasteiger partial charge in [-0.2, -0.15) is 5.26 Å². The van der Waals surface area contributed by atoms with Gasteiger partial charge in [-0.1, -0.05) is 6.07 Å². The van der Waals surface area contributed by atoms with Crippen molar-refractivity contribution in [2.24, 2.45) is 0 Å². The van der Waals surface area contributed by atoms with Crippen LogP contribution in [-0.2, 0) is 0 Å². The second-order valence-corrected chi connectivity index (χ2v) is 4.54. The van der Waals surface area contributed by atoms with Gasteiger partial charge in [0.25, 0.3) is 0 Å². The SMILES string of the molecule is CCN(CC)c1ccc(Nc2cccc(C#N)c2)cc1. The minimum absolute atomic E-state index is 0.662. The van der Waals surface area contributed by atoms with Gasteiger partial charge in [-0.15, -0.1) is 0 Å². The highest BCUT2D eigenvalue weighted by Gasteiger charge is 2.01. The molecule has 2 aromatic carbocycles. The zero-order valence-corrected chi connectivity index (χ0v) is 11.9. The number of anilines is 3. The summed E-state index contributed by atoms with van der Waals surface area (Å²) in [5.41, 5.74) is 3.84. The highest BCUT2D eigenvalue weighted by Crippen LogP contribution is 2.21. The van der Waals surface area contributed by atoms with Crippen molar-refractivity contribution in [1.82, 2.24) is 0 Å². The summed E-state index contributed by atoms with van der Waals surface area (Å²) in [6, 6.07) is 18.0. The van der Waals surface area contributed by atoms with E-state index >= 15 is 0 Å². The van der Waals surface area contributed by atoms with Crippen LogP contribution in [0.4, 0.5) is 17.1 Å². The normalized spacial score (nSPS) is 9.85. The van der Waals surface area contributed by atoms with E-state index in [1.165, 1.54) is 5.69 Å². The van der Waals surface area contributed by atoms with E-state index in [9.17, 15) is 0 Å². The molecule has 0 saturated heterocycles. The van der Waals surface area contributed by atoms with Gasteiger partial charge in [-0.3, -0.25) is 0 Å². The summed E-state index contributed by atoms with van der Waals surface area (Å²) in [5, 5.41) is 12.2. The molecule has 0 aliphatic rings. The molecule has 2 aromatic rings. The van der Waals surface area contributed by atoms with Gasteiger partial charge in [0.1, 0.15) is 0 Å². The van der Waals surface area contributed by atoms with E-state index in [1.807, 2.05) is 18.2 Å². The number of hydrogen-bond donors (Lipinski definition) is 1. The minimum atomic E-state index is 0.662. The van der Waals surface area contributed by atoms with Crippen LogP contribution in [0.15, 0.2) is 48.5 Å². The van der Waals surface area contributed by atoms with Crippen LogP contribution in [0.2, 0.25) is 0 Å². The molecule has 102 valence electrons. The fraction of sp³-hybridized carbons (Fsp3) is 0.235. The van der Waals surface area contributed by atoms with Crippen molar-refractivity contribution in [2.45, 2.75) is 13.8 Å². The number of nitrogens with zero attached hydrogens (tertiary/aromatic N) is 2. The monoisotopic (exact) mass is 265 g/mol. The molecule has 0 aliphatic heterocycles. The van der Waals surface area contributed by atoms with Crippen LogP contribution < -0.4 is 10.2 Å². The van der Waals surface area contributed by atoms with Crippen LogP contribution >= 0.6 is 0 Å². The van der Waals surface area contributed by atoms with Crippen LogP contribution in [-0.4, -0.2) is 13.1 Å². The van der Waals surface area contributed by atoms with Crippen LogP contribution in [0.25, 0.3) is 0 Å². The molecule has 0 heterocycles. The van der Waals surface area contributed by atoms with Crippen LogP contribution in [0.5, 0.6) is 0 Å². The first kappa shape index (κ1) is 14.0. The summed E-state index contributed by atoms with van der Waals surface area (Å²) >= 11 is 0. The summed E-state index contributed by atoms with van der Waals surface area (Å²) < 4.78 is 0. The standard InChI is InChI=1S/C17H19N3/c1-3-20(4-2)17-10-8-15(9-11-17)19-16-7-5-6-14(12-16)13-18/h5-12,19H,3-4H2,1-2H3. The van der Waals surface area contributed by atoms with Crippen LogP contribution in [0.3, 0.4) is 0 Å². The molecule has 0 bridgehead atoms. The minimum Gasteiger partial charge on any atom is -0.372 e. The molecule has 3 heteroatoms. The maximum Gasteiger partial charge on any atom is 0.0992 e. The molecule has 1 N–H and O–H groups in total. The molecule has 0 amide bonds. The van der Waals surface area contributed by atoms with Crippen molar-refractivity contribution in [3.8, 4) is 6.07 Å². The third-order valence-corrected chi connectivity index (χ3v) is 3.28. The lowest BCUT2D eigenvalue weighted by Crippen LogP contribution is -2.21. The zero-order valence-electron chi connectivity index (χ0n) is 11.9. The van der Waals surface area contributed by atoms with Gasteiger partial charge in [-0.05, 0) is 56.3 Å². The lowest BCUT2D eigenvalue weighted by molar-refractivity contribution is 0.866. The van der Waals surface area contributed by atoms with E-state index in [-0.39, 0.29) is 0 Å². The van der Waals surface area contributed by atoms with E-state index in [0.717, 1.165) is 24.5 Å². The first-order chi connectivity index (χ1) is 9.76. The molecule has 0 aromatic heterocycles. The van der Waals surface area contributed by atoms with E-state index in [1.54, 1.807) is 6.07 Å². The number of benzene rings is 2. The summed E-state index contributed by atoms with van der Waals surface area (Å²) in [7, 11) is 0. The Morgan fingerprint density at radius 3 is 2.30 bits per heavy atom. The molecular formula is C17H19N3. The summed E-state index contributed by atoms with van der Waals surface area (Å²) in [4.78, 5) is 2.31. The molecule has 20 heavy (non-hydrogen) atoms. The van der Waals surface area contributed by atoms with Gasteiger partial charge in [-0.25, -0.2) is 0 Å². The molecule has 0 spiro atoms. The first-order valence-electron chi connectivity index (χ1n) is 6.89. The zero-order chi connectivity index (χ0) is 14.4. The number of hydrogen-bond acceptors (Lipinski definition) is 3. The smallest absolute Gasteiger partial charge is 0.0992 e. The van der Waals surface area contributed by atoms with Crippen molar-refractivity contribution >= 4 is 17.1 Å². The van der Waals surface area contributed by atoms with Crippen molar-refractivity contribution in [3.05, 3.63) is 54.1 Å². The number of nitrogens with one attached hydrogen (secondary N) is 1. The predicted octanol–water partition coefficient (Wildman–Crippen LogP) is 4.15. The Hall–Kier alpha value is -2.47. The number of rotatable bonds is 5. The Morgan fingerprint density at radius 1 is 1.00 bits per heavy atom. The highest BCUT2D eigenvalue weighted by molar-refractivity contribution is 5.64. The Balaban J connectivity index is 2.12. The van der Waals surface area contributed by atoms with Crippen molar-refractivity contribution in [2.75, 3.05) is 23.3 Å². The quantitative estimate of drug-likeness (QED) is 0.882. The van der Waals surface area contributed by atoms with Gasteiger partial charge in [0, 0.05) is 30.2 Å². The largest absolute Gasteiger partial charge is 0.372 e. The summed E-state index contributed by atoms with van der Waals surface area (Å²) in [6.07, 6.45) is 0. The first-order valence-corrected chi connectivity index (χ1v) is 6.89. The molecule has 0 atom stereocenters. The molecule has 0 unspecified atom stereocenters. The Kier molecular flexibility index (Phi) is 4.62. The van der Waals surface area contributed by atoms with Gasteiger partial charge in [0.05, 0.1) is 11.6 Å². The molecular weight excluding hydrogens is 246 g/mol. The van der Waals surface area contributed by atoms with Gasteiger partial charge in [0.15, 0.2) is 0 Å². The molecule has 3 nitrogen and oxygen atoms in total. The van der Waals surface area contributed by atoms with E-state index in [4.69, 9.17) is 5.26 Å². The third-order valence-electron chi connectivity index (χ3n) is 3.28. The van der Waals surface area contributed by atoms with Crippen molar-refractivity contribution in [3.63, 3.8) is 0 Å². The second kappa shape index (κ2) is 6.63. The highest BCUT2D eigenvalue weighted by atomic mass is 15.1. The average molecular weight is 265 g/mol. The second-order valence-electron chi connectivity index (χ2n) is 4.54. The topological polar surface area (TPSA) is 39.1 Å². The Labute approximate surface area is 120 Å².